The van der Waals surface area contributed by atoms with Gasteiger partial charge in [-0.25, -0.2) is 5.84 Å². The second-order valence-electron chi connectivity index (χ2n) is 3.86. The van der Waals surface area contributed by atoms with Gasteiger partial charge in [-0.1, -0.05) is 6.92 Å². The van der Waals surface area contributed by atoms with Gasteiger partial charge in [0.2, 0.25) is 5.91 Å². The number of carbonyl (C=O) groups excluding carboxylic acids is 1. The lowest BCUT2D eigenvalue weighted by Crippen LogP contribution is -2.39. The number of hydrogen-bond donors (Lipinski definition) is 3. The van der Waals surface area contributed by atoms with E-state index in [0.29, 0.717) is 18.3 Å². The molecule has 3 unspecified atom stereocenters. The first-order valence-electron chi connectivity index (χ1n) is 4.82. The predicted molar refractivity (Wildman–Crippen MR) is 49.4 cm³/mol. The van der Waals surface area contributed by atoms with E-state index in [1.807, 2.05) is 0 Å². The van der Waals surface area contributed by atoms with Crippen molar-refractivity contribution in [2.45, 2.75) is 26.2 Å². The molecule has 0 saturated heterocycles. The first kappa shape index (κ1) is 10.5. The first-order valence-corrected chi connectivity index (χ1v) is 4.82. The van der Waals surface area contributed by atoms with E-state index in [4.69, 9.17) is 10.9 Å². The molecule has 4 heteroatoms. The van der Waals surface area contributed by atoms with Crippen LogP contribution in [0.2, 0.25) is 0 Å². The number of aliphatic hydroxyl groups is 1. The summed E-state index contributed by atoms with van der Waals surface area (Å²) in [4.78, 5) is 11.4. The highest BCUT2D eigenvalue weighted by atomic mass is 16.3. The van der Waals surface area contributed by atoms with Crippen molar-refractivity contribution in [1.82, 2.24) is 5.43 Å². The maximum absolute atomic E-state index is 11.4. The number of hydrazine groups is 1. The minimum Gasteiger partial charge on any atom is -0.396 e. The molecule has 4 N–H and O–H groups in total. The van der Waals surface area contributed by atoms with Crippen molar-refractivity contribution >= 4 is 5.91 Å². The van der Waals surface area contributed by atoms with E-state index >= 15 is 0 Å². The van der Waals surface area contributed by atoms with E-state index < -0.39 is 0 Å². The van der Waals surface area contributed by atoms with Gasteiger partial charge in [-0.05, 0) is 31.1 Å². The van der Waals surface area contributed by atoms with Crippen LogP contribution in [0.3, 0.4) is 0 Å². The molecule has 3 atom stereocenters. The summed E-state index contributed by atoms with van der Waals surface area (Å²) in [6.07, 6.45) is 2.80. The molecule has 0 heterocycles. The number of carbonyl (C=O) groups is 1. The van der Waals surface area contributed by atoms with E-state index in [9.17, 15) is 4.79 Å². The van der Waals surface area contributed by atoms with Gasteiger partial charge in [0, 0.05) is 12.5 Å². The van der Waals surface area contributed by atoms with E-state index in [-0.39, 0.29) is 18.4 Å². The molecule has 76 valence electrons. The maximum Gasteiger partial charge on any atom is 0.237 e. The van der Waals surface area contributed by atoms with Crippen molar-refractivity contribution < 1.29 is 9.90 Å². The molecular formula is C9H18N2O2. The molecule has 13 heavy (non-hydrogen) atoms. The van der Waals surface area contributed by atoms with Gasteiger partial charge in [-0.3, -0.25) is 10.2 Å². The van der Waals surface area contributed by atoms with Crippen LogP contribution in [-0.4, -0.2) is 17.6 Å². The Balaban J connectivity index is 2.59. The van der Waals surface area contributed by atoms with Crippen molar-refractivity contribution in [3.63, 3.8) is 0 Å². The molecule has 1 aliphatic carbocycles. The summed E-state index contributed by atoms with van der Waals surface area (Å²) in [5, 5.41) is 8.82. The summed E-state index contributed by atoms with van der Waals surface area (Å²) in [6, 6.07) is 0. The van der Waals surface area contributed by atoms with Crippen molar-refractivity contribution in [3.05, 3.63) is 0 Å². The number of hydrogen-bond acceptors (Lipinski definition) is 3. The second kappa shape index (κ2) is 4.58. The number of nitrogens with two attached hydrogens (primary N) is 1. The van der Waals surface area contributed by atoms with Crippen LogP contribution >= 0.6 is 0 Å². The zero-order valence-corrected chi connectivity index (χ0v) is 7.99. The third-order valence-electron chi connectivity index (χ3n) is 3.06. The maximum atomic E-state index is 11.4. The molecule has 0 aromatic rings. The third-order valence-corrected chi connectivity index (χ3v) is 3.06. The summed E-state index contributed by atoms with van der Waals surface area (Å²) in [7, 11) is 0. The Labute approximate surface area is 78.5 Å². The largest absolute Gasteiger partial charge is 0.396 e. The molecule has 0 radical (unpaired) electrons. The monoisotopic (exact) mass is 186 g/mol. The Morgan fingerprint density at radius 2 is 2.31 bits per heavy atom. The van der Waals surface area contributed by atoms with Crippen LogP contribution in [0.1, 0.15) is 26.2 Å². The smallest absolute Gasteiger partial charge is 0.237 e. The topological polar surface area (TPSA) is 75.3 Å². The van der Waals surface area contributed by atoms with E-state index in [1.165, 1.54) is 0 Å². The zero-order valence-electron chi connectivity index (χ0n) is 7.99. The van der Waals surface area contributed by atoms with Crippen molar-refractivity contribution in [2.75, 3.05) is 6.61 Å². The molecule has 1 fully saturated rings. The average Bonchev–Trinajstić information content (AvgIpc) is 2.47. The van der Waals surface area contributed by atoms with Crippen molar-refractivity contribution in [3.8, 4) is 0 Å². The van der Waals surface area contributed by atoms with Crippen molar-refractivity contribution in [2.24, 2.45) is 23.6 Å². The molecule has 0 aromatic carbocycles. The Bertz CT molecular complexity index is 182. The van der Waals surface area contributed by atoms with Crippen LogP contribution in [0.25, 0.3) is 0 Å². The molecule has 1 amide bonds. The van der Waals surface area contributed by atoms with Crippen LogP contribution in [0, 0.1) is 17.8 Å². The zero-order chi connectivity index (χ0) is 9.84. The first-order chi connectivity index (χ1) is 6.20. The Kier molecular flexibility index (Phi) is 3.69. The molecule has 4 nitrogen and oxygen atoms in total. The third kappa shape index (κ3) is 2.19. The van der Waals surface area contributed by atoms with Crippen LogP contribution in [0.4, 0.5) is 0 Å². The van der Waals surface area contributed by atoms with Gasteiger partial charge in [0.1, 0.15) is 0 Å². The van der Waals surface area contributed by atoms with Gasteiger partial charge in [0.25, 0.3) is 0 Å². The summed E-state index contributed by atoms with van der Waals surface area (Å²) >= 11 is 0. The van der Waals surface area contributed by atoms with Gasteiger partial charge < -0.3 is 5.11 Å². The Hall–Kier alpha value is -0.610. The van der Waals surface area contributed by atoms with E-state index in [2.05, 4.69) is 12.3 Å². The lowest BCUT2D eigenvalue weighted by Gasteiger charge is -2.19. The number of nitrogens with one attached hydrogen (secondary N) is 1. The molecule has 0 bridgehead atoms. The molecular weight excluding hydrogens is 168 g/mol. The number of amides is 1. The van der Waals surface area contributed by atoms with Gasteiger partial charge in [0.15, 0.2) is 0 Å². The van der Waals surface area contributed by atoms with E-state index in [1.54, 1.807) is 0 Å². The lowest BCUT2D eigenvalue weighted by atomic mass is 9.88. The Morgan fingerprint density at radius 1 is 1.62 bits per heavy atom. The Morgan fingerprint density at radius 3 is 2.85 bits per heavy atom. The fourth-order valence-electron chi connectivity index (χ4n) is 2.36. The fourth-order valence-corrected chi connectivity index (χ4v) is 2.36. The molecule has 1 rings (SSSR count). The minimum absolute atomic E-state index is 0.00264. The number of aliphatic hydroxyl groups excluding tert-OH is 1. The SMILES string of the molecule is CC1CCC(CCO)C1C(=O)NN. The average molecular weight is 186 g/mol. The second-order valence-corrected chi connectivity index (χ2v) is 3.86. The highest BCUT2D eigenvalue weighted by Crippen LogP contribution is 2.38. The summed E-state index contributed by atoms with van der Waals surface area (Å²) in [5.74, 6) is 5.73. The predicted octanol–water partition coefficient (Wildman–Crippen LogP) is 0.0210. The van der Waals surface area contributed by atoms with Crippen LogP contribution in [-0.2, 0) is 4.79 Å². The minimum atomic E-state index is -0.0801. The lowest BCUT2D eigenvalue weighted by molar-refractivity contribution is -0.127. The standard InChI is InChI=1S/C9H18N2O2/c1-6-2-3-7(4-5-12)8(6)9(13)11-10/h6-8,12H,2-5,10H2,1H3,(H,11,13). The molecule has 1 aliphatic rings. The van der Waals surface area contributed by atoms with Gasteiger partial charge in [0.05, 0.1) is 0 Å². The van der Waals surface area contributed by atoms with Crippen molar-refractivity contribution in [1.29, 1.82) is 0 Å². The van der Waals surface area contributed by atoms with Gasteiger partial charge in [-0.15, -0.1) is 0 Å². The summed E-state index contributed by atoms with van der Waals surface area (Å²) in [5.41, 5.74) is 2.21. The number of rotatable bonds is 3. The molecule has 0 spiro atoms. The molecule has 1 saturated carbocycles. The van der Waals surface area contributed by atoms with Crippen LogP contribution < -0.4 is 11.3 Å². The molecule has 0 aromatic heterocycles. The van der Waals surface area contributed by atoms with Gasteiger partial charge >= 0.3 is 0 Å². The normalized spacial score (nSPS) is 33.3. The fraction of sp³-hybridized carbons (Fsp3) is 0.889. The highest BCUT2D eigenvalue weighted by molar-refractivity contribution is 5.78. The summed E-state index contributed by atoms with van der Waals surface area (Å²) < 4.78 is 0. The van der Waals surface area contributed by atoms with E-state index in [0.717, 1.165) is 12.8 Å². The van der Waals surface area contributed by atoms with Crippen LogP contribution in [0.5, 0.6) is 0 Å². The highest BCUT2D eigenvalue weighted by Gasteiger charge is 2.37. The molecule has 0 aliphatic heterocycles. The summed E-state index contributed by atoms with van der Waals surface area (Å²) in [6.45, 7) is 2.23. The van der Waals surface area contributed by atoms with Crippen LogP contribution in [0.15, 0.2) is 0 Å². The van der Waals surface area contributed by atoms with Gasteiger partial charge in [-0.2, -0.15) is 0 Å². The quantitative estimate of drug-likeness (QED) is 0.330.